The van der Waals surface area contributed by atoms with Gasteiger partial charge in [0.15, 0.2) is 0 Å². The van der Waals surface area contributed by atoms with Crippen LogP contribution in [0.25, 0.3) is 0 Å². The minimum absolute atomic E-state index is 0.106. The predicted molar refractivity (Wildman–Crippen MR) is 82.3 cm³/mol. The molecule has 1 aromatic rings. The molecule has 0 aromatic heterocycles. The summed E-state index contributed by atoms with van der Waals surface area (Å²) < 4.78 is 27.3. The highest BCUT2D eigenvalue weighted by atomic mass is 32.2. The molecule has 0 amide bonds. The van der Waals surface area contributed by atoms with E-state index in [2.05, 4.69) is 23.5 Å². The van der Waals surface area contributed by atoms with Crippen LogP contribution in [0, 0.1) is 24.2 Å². The summed E-state index contributed by atoms with van der Waals surface area (Å²) in [5.74, 6) is 5.36. The summed E-state index contributed by atoms with van der Waals surface area (Å²) >= 11 is 0. The molecule has 0 radical (unpaired) electrons. The van der Waals surface area contributed by atoms with Crippen LogP contribution in [0.4, 0.5) is 0 Å². The van der Waals surface area contributed by atoms with Gasteiger partial charge in [-0.15, -0.1) is 0 Å². The summed E-state index contributed by atoms with van der Waals surface area (Å²) in [5, 5.41) is 8.70. The van der Waals surface area contributed by atoms with Crippen LogP contribution in [0.1, 0.15) is 37.3 Å². The Hall–Kier alpha value is -1.35. The molecule has 0 aliphatic heterocycles. The summed E-state index contributed by atoms with van der Waals surface area (Å²) in [6.07, 6.45) is 3.32. The van der Waals surface area contributed by atoms with Gasteiger partial charge in [-0.05, 0) is 48.9 Å². The normalized spacial score (nSPS) is 16.7. The molecule has 2 N–H and O–H groups in total. The summed E-state index contributed by atoms with van der Waals surface area (Å²) in [7, 11) is -3.48. The number of sulfonamides is 1. The van der Waals surface area contributed by atoms with Crippen molar-refractivity contribution in [1.29, 1.82) is 0 Å². The van der Waals surface area contributed by atoms with Crippen molar-refractivity contribution in [3.05, 3.63) is 29.3 Å². The van der Waals surface area contributed by atoms with E-state index in [1.807, 2.05) is 6.92 Å². The van der Waals surface area contributed by atoms with E-state index in [1.165, 1.54) is 6.42 Å². The number of nitrogens with one attached hydrogen (secondary N) is 1. The molecule has 21 heavy (non-hydrogen) atoms. The zero-order valence-corrected chi connectivity index (χ0v) is 13.3. The monoisotopic (exact) mass is 307 g/mol. The molecule has 4 nitrogen and oxygen atoms in total. The third kappa shape index (κ3) is 3.85. The number of rotatable bonds is 4. The van der Waals surface area contributed by atoms with Crippen LogP contribution < -0.4 is 4.72 Å². The zero-order chi connectivity index (χ0) is 15.5. The zero-order valence-electron chi connectivity index (χ0n) is 12.4. The Morgan fingerprint density at radius 2 is 2.10 bits per heavy atom. The highest BCUT2D eigenvalue weighted by molar-refractivity contribution is 7.89. The van der Waals surface area contributed by atoms with E-state index in [0.29, 0.717) is 6.54 Å². The van der Waals surface area contributed by atoms with Gasteiger partial charge in [0.05, 0.1) is 4.90 Å². The molecule has 2 rings (SSSR count). The standard InChI is InChI=1S/C16H21NO3S/c1-13-11-15(7-6-14(13)5-3-10-18)21(19,20)17-12-16(2)8-4-9-16/h6-7,11,17-18H,4,8-10,12H2,1-2H3. The van der Waals surface area contributed by atoms with Crippen molar-refractivity contribution in [2.45, 2.75) is 38.0 Å². The number of benzene rings is 1. The second kappa shape index (κ2) is 6.18. The van der Waals surface area contributed by atoms with Crippen LogP contribution in [-0.2, 0) is 10.0 Å². The van der Waals surface area contributed by atoms with E-state index in [0.717, 1.165) is 24.0 Å². The van der Waals surface area contributed by atoms with Crippen LogP contribution in [-0.4, -0.2) is 26.7 Å². The Morgan fingerprint density at radius 3 is 2.62 bits per heavy atom. The van der Waals surface area contributed by atoms with Gasteiger partial charge in [0.1, 0.15) is 6.61 Å². The Bertz CT molecular complexity index is 679. The van der Waals surface area contributed by atoms with E-state index < -0.39 is 10.0 Å². The van der Waals surface area contributed by atoms with E-state index >= 15 is 0 Å². The van der Waals surface area contributed by atoms with Crippen molar-refractivity contribution in [3.63, 3.8) is 0 Å². The van der Waals surface area contributed by atoms with Crippen molar-refractivity contribution in [1.82, 2.24) is 4.72 Å². The lowest BCUT2D eigenvalue weighted by atomic mass is 9.71. The highest BCUT2D eigenvalue weighted by Gasteiger charge is 2.33. The number of aliphatic hydroxyl groups excluding tert-OH is 1. The molecule has 114 valence electrons. The Kier molecular flexibility index (Phi) is 4.72. The fraction of sp³-hybridized carbons (Fsp3) is 0.500. The Labute approximate surface area is 126 Å². The number of aryl methyl sites for hydroxylation is 1. The first-order valence-electron chi connectivity index (χ1n) is 7.06. The maximum atomic E-state index is 12.3. The summed E-state index contributed by atoms with van der Waals surface area (Å²) in [6.45, 7) is 4.20. The molecule has 0 saturated heterocycles. The molecule has 1 aromatic carbocycles. The third-order valence-corrected chi connectivity index (χ3v) is 5.46. The van der Waals surface area contributed by atoms with Crippen molar-refractivity contribution in [2.24, 2.45) is 5.41 Å². The van der Waals surface area contributed by atoms with Crippen molar-refractivity contribution in [3.8, 4) is 11.8 Å². The van der Waals surface area contributed by atoms with Gasteiger partial charge < -0.3 is 5.11 Å². The van der Waals surface area contributed by atoms with Gasteiger partial charge in [-0.25, -0.2) is 13.1 Å². The van der Waals surface area contributed by atoms with Crippen LogP contribution >= 0.6 is 0 Å². The van der Waals surface area contributed by atoms with Gasteiger partial charge in [0, 0.05) is 12.1 Å². The SMILES string of the molecule is Cc1cc(S(=O)(=O)NCC2(C)CCC2)ccc1C#CCO. The summed E-state index contributed by atoms with van der Waals surface area (Å²) in [6, 6.07) is 4.85. The molecule has 0 bridgehead atoms. The average Bonchev–Trinajstić information content (AvgIpc) is 2.42. The van der Waals surface area contributed by atoms with Crippen LogP contribution in [0.3, 0.4) is 0 Å². The van der Waals surface area contributed by atoms with Gasteiger partial charge >= 0.3 is 0 Å². The molecule has 1 saturated carbocycles. The molecule has 0 spiro atoms. The second-order valence-corrected chi connectivity index (χ2v) is 7.69. The number of hydrogen-bond donors (Lipinski definition) is 2. The second-order valence-electron chi connectivity index (χ2n) is 5.93. The van der Waals surface area contributed by atoms with Gasteiger partial charge in [-0.2, -0.15) is 0 Å². The highest BCUT2D eigenvalue weighted by Crippen LogP contribution is 2.39. The van der Waals surface area contributed by atoms with Crippen LogP contribution in [0.15, 0.2) is 23.1 Å². The first-order chi connectivity index (χ1) is 9.86. The molecular formula is C16H21NO3S. The fourth-order valence-corrected chi connectivity index (χ4v) is 3.67. The maximum absolute atomic E-state index is 12.3. The molecule has 0 atom stereocenters. The van der Waals surface area contributed by atoms with E-state index in [9.17, 15) is 8.42 Å². The quantitative estimate of drug-likeness (QED) is 0.834. The predicted octanol–water partition coefficient (Wildman–Crippen LogP) is 1.81. The first kappa shape index (κ1) is 16.0. The molecule has 1 fully saturated rings. The summed E-state index contributed by atoms with van der Waals surface area (Å²) in [4.78, 5) is 0.262. The van der Waals surface area contributed by atoms with Crippen molar-refractivity contribution < 1.29 is 13.5 Å². The number of hydrogen-bond acceptors (Lipinski definition) is 3. The Morgan fingerprint density at radius 1 is 1.38 bits per heavy atom. The largest absolute Gasteiger partial charge is 0.384 e. The van der Waals surface area contributed by atoms with Gasteiger partial charge in [0.2, 0.25) is 10.0 Å². The van der Waals surface area contributed by atoms with E-state index in [1.54, 1.807) is 18.2 Å². The summed E-state index contributed by atoms with van der Waals surface area (Å²) in [5.41, 5.74) is 1.62. The molecule has 5 heteroatoms. The number of aliphatic hydroxyl groups is 1. The van der Waals surface area contributed by atoms with Crippen molar-refractivity contribution >= 4 is 10.0 Å². The van der Waals surface area contributed by atoms with E-state index in [4.69, 9.17) is 5.11 Å². The molecule has 0 unspecified atom stereocenters. The van der Waals surface area contributed by atoms with E-state index in [-0.39, 0.29) is 16.9 Å². The van der Waals surface area contributed by atoms with Gasteiger partial charge in [-0.1, -0.05) is 25.2 Å². The molecule has 1 aliphatic rings. The minimum Gasteiger partial charge on any atom is -0.384 e. The van der Waals surface area contributed by atoms with Crippen LogP contribution in [0.5, 0.6) is 0 Å². The molecular weight excluding hydrogens is 286 g/mol. The fourth-order valence-electron chi connectivity index (χ4n) is 2.39. The maximum Gasteiger partial charge on any atom is 0.240 e. The van der Waals surface area contributed by atoms with Gasteiger partial charge in [0.25, 0.3) is 0 Å². The van der Waals surface area contributed by atoms with Crippen LogP contribution in [0.2, 0.25) is 0 Å². The first-order valence-corrected chi connectivity index (χ1v) is 8.55. The smallest absolute Gasteiger partial charge is 0.240 e. The molecule has 0 heterocycles. The van der Waals surface area contributed by atoms with Crippen molar-refractivity contribution in [2.75, 3.05) is 13.2 Å². The minimum atomic E-state index is -3.48. The lowest BCUT2D eigenvalue weighted by Gasteiger charge is -2.38. The Balaban J connectivity index is 2.14. The third-order valence-electron chi connectivity index (χ3n) is 4.06. The lowest BCUT2D eigenvalue weighted by molar-refractivity contribution is 0.166. The lowest BCUT2D eigenvalue weighted by Crippen LogP contribution is -2.39. The average molecular weight is 307 g/mol. The van der Waals surface area contributed by atoms with Gasteiger partial charge in [-0.3, -0.25) is 0 Å². The molecule has 1 aliphatic carbocycles. The topological polar surface area (TPSA) is 66.4 Å².